The van der Waals surface area contributed by atoms with E-state index in [0.29, 0.717) is 24.3 Å². The van der Waals surface area contributed by atoms with Crippen LogP contribution in [0.4, 0.5) is 68.5 Å². The standard InChI is InChI=1S/C20H16ClF6NO4.C20H16F7NO4/c2*1-3-11-8-12(18(30,19(22,23)24)20(25,26)27)7-10(2)14(11)9-16(29)13-5-4-6-15(17(13)21)28(31)32/h2*4-8,30H,3,9H2,1-2H3. The zero-order valence-corrected chi connectivity index (χ0v) is 33.9. The minimum atomic E-state index is -6.08. The van der Waals surface area contributed by atoms with E-state index in [1.807, 2.05) is 0 Å². The molecular formula is C40H32ClF13N2O8. The number of halogens is 14. The van der Waals surface area contributed by atoms with Gasteiger partial charge in [0.15, 0.2) is 11.6 Å². The first-order valence-electron chi connectivity index (χ1n) is 18.0. The van der Waals surface area contributed by atoms with Crippen LogP contribution in [0.3, 0.4) is 0 Å². The lowest BCUT2D eigenvalue weighted by molar-refractivity contribution is -0.387. The molecule has 10 nitrogen and oxygen atoms in total. The number of nitro benzene ring substituents is 2. The highest BCUT2D eigenvalue weighted by atomic mass is 35.5. The van der Waals surface area contributed by atoms with Gasteiger partial charge in [0.25, 0.3) is 16.9 Å². The van der Waals surface area contributed by atoms with E-state index >= 15 is 0 Å². The molecule has 0 aliphatic rings. The Morgan fingerprint density at radius 3 is 1.25 bits per heavy atom. The van der Waals surface area contributed by atoms with Crippen LogP contribution in [0.1, 0.15) is 79.1 Å². The van der Waals surface area contributed by atoms with Gasteiger partial charge in [0.1, 0.15) is 5.02 Å². The molecule has 0 saturated heterocycles. The Kier molecular flexibility index (Phi) is 15.5. The molecule has 0 aliphatic carbocycles. The van der Waals surface area contributed by atoms with Crippen molar-refractivity contribution in [3.05, 3.63) is 147 Å². The Balaban J connectivity index is 0.000000340. The fraction of sp³-hybridized carbons (Fsp3) is 0.350. The largest absolute Gasteiger partial charge is 0.430 e. The number of hydrogen-bond acceptors (Lipinski definition) is 8. The number of hydrogen-bond donors (Lipinski definition) is 2. The van der Waals surface area contributed by atoms with Crippen LogP contribution in [0.15, 0.2) is 60.7 Å². The van der Waals surface area contributed by atoms with Crippen molar-refractivity contribution in [3.8, 4) is 0 Å². The van der Waals surface area contributed by atoms with Crippen LogP contribution in [0.5, 0.6) is 0 Å². The van der Waals surface area contributed by atoms with Crippen molar-refractivity contribution in [1.29, 1.82) is 0 Å². The highest BCUT2D eigenvalue weighted by Crippen LogP contribution is 2.52. The summed E-state index contributed by atoms with van der Waals surface area (Å²) in [4.78, 5) is 45.3. The summed E-state index contributed by atoms with van der Waals surface area (Å²) in [6, 6.07) is 8.45. The van der Waals surface area contributed by atoms with Crippen molar-refractivity contribution in [3.63, 3.8) is 0 Å². The molecule has 0 aliphatic heterocycles. The Hall–Kier alpha value is -5.68. The minimum Gasteiger partial charge on any atom is -0.369 e. The van der Waals surface area contributed by atoms with Crippen molar-refractivity contribution in [2.75, 3.05) is 0 Å². The van der Waals surface area contributed by atoms with Crippen LogP contribution in [0.2, 0.25) is 5.02 Å². The van der Waals surface area contributed by atoms with Crippen LogP contribution < -0.4 is 0 Å². The maximum absolute atomic E-state index is 14.3. The summed E-state index contributed by atoms with van der Waals surface area (Å²) < 4.78 is 173. The van der Waals surface area contributed by atoms with Gasteiger partial charge in [-0.1, -0.05) is 61.8 Å². The Bertz CT molecular complexity index is 2270. The molecular weight excluding hydrogens is 919 g/mol. The third-order valence-electron chi connectivity index (χ3n) is 9.99. The predicted molar refractivity (Wildman–Crippen MR) is 200 cm³/mol. The zero-order chi connectivity index (χ0) is 49.3. The molecule has 4 aromatic rings. The fourth-order valence-electron chi connectivity index (χ4n) is 6.57. The summed E-state index contributed by atoms with van der Waals surface area (Å²) >= 11 is 5.92. The number of nitrogens with zero attached hydrogens (tertiary/aromatic N) is 2. The second-order valence-electron chi connectivity index (χ2n) is 14.0. The molecule has 64 heavy (non-hydrogen) atoms. The highest BCUT2D eigenvalue weighted by molar-refractivity contribution is 6.36. The van der Waals surface area contributed by atoms with Crippen LogP contribution in [0.25, 0.3) is 0 Å². The summed E-state index contributed by atoms with van der Waals surface area (Å²) in [6.07, 6.45) is -25.5. The molecule has 4 rings (SSSR count). The number of Topliss-reactive ketones (excluding diaryl/α,β-unsaturated/α-hetero) is 2. The first-order valence-corrected chi connectivity index (χ1v) is 18.4. The van der Waals surface area contributed by atoms with Crippen molar-refractivity contribution >= 4 is 34.5 Å². The third-order valence-corrected chi connectivity index (χ3v) is 10.4. The quantitative estimate of drug-likeness (QED) is 0.0614. The van der Waals surface area contributed by atoms with Gasteiger partial charge < -0.3 is 10.2 Å². The number of carbonyl (C=O) groups excluding carboxylic acids is 2. The fourth-order valence-corrected chi connectivity index (χ4v) is 6.88. The van der Waals surface area contributed by atoms with Crippen molar-refractivity contribution in [2.45, 2.75) is 89.3 Å². The number of alkyl halides is 12. The van der Waals surface area contributed by atoms with Gasteiger partial charge in [0.2, 0.25) is 5.82 Å². The molecule has 0 atom stereocenters. The van der Waals surface area contributed by atoms with E-state index in [2.05, 4.69) is 0 Å². The molecule has 0 heterocycles. The number of aliphatic hydroxyl groups is 2. The van der Waals surface area contributed by atoms with Crippen LogP contribution >= 0.6 is 11.6 Å². The van der Waals surface area contributed by atoms with Gasteiger partial charge in [-0.15, -0.1) is 0 Å². The Morgan fingerprint density at radius 2 is 0.922 bits per heavy atom. The molecule has 0 unspecified atom stereocenters. The van der Waals surface area contributed by atoms with Crippen molar-refractivity contribution in [1.82, 2.24) is 0 Å². The summed E-state index contributed by atoms with van der Waals surface area (Å²) in [6.45, 7) is 5.20. The second kappa shape index (κ2) is 18.8. The molecule has 4 aromatic carbocycles. The molecule has 0 aromatic heterocycles. The molecule has 0 spiro atoms. The number of nitro groups is 2. The van der Waals surface area contributed by atoms with Gasteiger partial charge in [0, 0.05) is 41.7 Å². The number of rotatable bonds is 12. The lowest BCUT2D eigenvalue weighted by Gasteiger charge is -2.33. The first kappa shape index (κ1) is 52.7. The van der Waals surface area contributed by atoms with Crippen LogP contribution in [-0.2, 0) is 36.9 Å². The lowest BCUT2D eigenvalue weighted by Crippen LogP contribution is -2.54. The molecule has 348 valence electrons. The maximum atomic E-state index is 14.3. The van der Waals surface area contributed by atoms with E-state index in [1.54, 1.807) is 0 Å². The van der Waals surface area contributed by atoms with Gasteiger partial charge >= 0.3 is 30.4 Å². The number of benzene rings is 4. The number of aryl methyl sites for hydroxylation is 4. The molecule has 0 saturated carbocycles. The van der Waals surface area contributed by atoms with Crippen LogP contribution in [-0.4, -0.2) is 56.3 Å². The number of ketones is 2. The summed E-state index contributed by atoms with van der Waals surface area (Å²) in [5.41, 5.74) is -15.7. The van der Waals surface area contributed by atoms with Gasteiger partial charge in [-0.3, -0.25) is 29.8 Å². The van der Waals surface area contributed by atoms with Gasteiger partial charge in [-0.2, -0.15) is 57.1 Å². The maximum Gasteiger partial charge on any atom is 0.430 e. The average molecular weight is 951 g/mol. The Labute approximate surface area is 357 Å². The molecule has 0 fully saturated rings. The molecule has 24 heteroatoms. The second-order valence-corrected chi connectivity index (χ2v) is 14.4. The van der Waals surface area contributed by atoms with E-state index in [0.717, 1.165) is 31.2 Å². The van der Waals surface area contributed by atoms with Gasteiger partial charge in [-0.05, 0) is 72.2 Å². The Morgan fingerprint density at radius 1 is 0.594 bits per heavy atom. The monoisotopic (exact) mass is 950 g/mol. The van der Waals surface area contributed by atoms with E-state index in [4.69, 9.17) is 11.6 Å². The minimum absolute atomic E-state index is 0.0261. The van der Waals surface area contributed by atoms with Gasteiger partial charge in [0.05, 0.1) is 15.4 Å². The summed E-state index contributed by atoms with van der Waals surface area (Å²) in [7, 11) is 0. The number of carbonyl (C=O) groups is 2. The normalized spacial score (nSPS) is 12.7. The summed E-state index contributed by atoms with van der Waals surface area (Å²) in [5, 5.41) is 40.7. The highest BCUT2D eigenvalue weighted by Gasteiger charge is 2.72. The van der Waals surface area contributed by atoms with Gasteiger partial charge in [-0.25, -0.2) is 0 Å². The van der Waals surface area contributed by atoms with Crippen molar-refractivity contribution in [2.24, 2.45) is 0 Å². The zero-order valence-electron chi connectivity index (χ0n) is 33.1. The SMILES string of the molecule is CCc1cc(C(O)(C(F)(F)F)C(F)(F)F)cc(C)c1CC(=O)c1cccc([N+](=O)[O-])c1Cl.CCc1cc(C(O)(C(F)(F)F)C(F)(F)F)cc(C)c1CC(=O)c1cccc([N+](=O)[O-])c1F. The molecule has 0 radical (unpaired) electrons. The van der Waals surface area contributed by atoms with E-state index in [9.17, 15) is 97.1 Å². The molecule has 0 amide bonds. The lowest BCUT2D eigenvalue weighted by atomic mass is 9.85. The van der Waals surface area contributed by atoms with E-state index in [1.165, 1.54) is 32.9 Å². The third kappa shape index (κ3) is 10.1. The molecule has 0 bridgehead atoms. The summed E-state index contributed by atoms with van der Waals surface area (Å²) in [5.74, 6) is -3.08. The topological polar surface area (TPSA) is 161 Å². The van der Waals surface area contributed by atoms with Crippen LogP contribution in [0, 0.1) is 39.9 Å². The predicted octanol–water partition coefficient (Wildman–Crippen LogP) is 11.2. The molecule has 2 N–H and O–H groups in total. The van der Waals surface area contributed by atoms with E-state index < -0.39 is 109 Å². The average Bonchev–Trinajstić information content (AvgIpc) is 3.16. The smallest absolute Gasteiger partial charge is 0.369 e. The van der Waals surface area contributed by atoms with E-state index in [-0.39, 0.29) is 51.8 Å². The van der Waals surface area contributed by atoms with Crippen molar-refractivity contribution < 1.29 is 86.7 Å². The first-order chi connectivity index (χ1) is 29.1.